The summed E-state index contributed by atoms with van der Waals surface area (Å²) in [5, 5.41) is 0. The SMILES string of the molecule is CC(C)N1CCN(c2ccc(-c3cc(C4CCN(C5COC5)CC4)c4nc(-c5ccc(S(C)(=O)=O)cc5)n(C)c4c3)cc2)CC1. The van der Waals surface area contributed by atoms with Crippen LogP contribution in [0.4, 0.5) is 5.69 Å². The summed E-state index contributed by atoms with van der Waals surface area (Å²) in [4.78, 5) is 13.2. The van der Waals surface area contributed by atoms with Crippen LogP contribution >= 0.6 is 0 Å². The highest BCUT2D eigenvalue weighted by Gasteiger charge is 2.31. The first-order valence-electron chi connectivity index (χ1n) is 16.4. The number of piperazine rings is 1. The summed E-state index contributed by atoms with van der Waals surface area (Å²) >= 11 is 0. The molecular weight excluding hydrogens is 582 g/mol. The summed E-state index contributed by atoms with van der Waals surface area (Å²) in [6, 6.07) is 22.0. The number of imidazole rings is 1. The van der Waals surface area contributed by atoms with E-state index in [0.717, 1.165) is 87.7 Å². The van der Waals surface area contributed by atoms with E-state index < -0.39 is 9.84 Å². The monoisotopic (exact) mass is 627 g/mol. The highest BCUT2D eigenvalue weighted by atomic mass is 32.2. The fraction of sp³-hybridized carbons (Fsp3) is 0.472. The Balaban J connectivity index is 1.23. The fourth-order valence-electron chi connectivity index (χ4n) is 7.27. The maximum atomic E-state index is 12.1. The normalized spacial score (nSPS) is 19.4. The first kappa shape index (κ1) is 30.4. The molecule has 238 valence electrons. The molecule has 8 nitrogen and oxygen atoms in total. The molecule has 9 heteroatoms. The molecule has 3 saturated heterocycles. The van der Waals surface area contributed by atoms with E-state index in [-0.39, 0.29) is 0 Å². The molecule has 0 bridgehead atoms. The van der Waals surface area contributed by atoms with Crippen LogP contribution in [0, 0.1) is 0 Å². The number of hydrogen-bond donors (Lipinski definition) is 0. The molecule has 0 spiro atoms. The summed E-state index contributed by atoms with van der Waals surface area (Å²) in [5.41, 5.74) is 8.10. The highest BCUT2D eigenvalue weighted by molar-refractivity contribution is 7.90. The minimum atomic E-state index is -3.26. The number of ether oxygens (including phenoxy) is 1. The highest BCUT2D eigenvalue weighted by Crippen LogP contribution is 2.39. The lowest BCUT2D eigenvalue weighted by atomic mass is 9.86. The van der Waals surface area contributed by atoms with Crippen molar-refractivity contribution in [3.05, 3.63) is 66.2 Å². The van der Waals surface area contributed by atoms with Crippen molar-refractivity contribution in [1.82, 2.24) is 19.4 Å². The number of nitrogens with zero attached hydrogens (tertiary/aromatic N) is 5. The van der Waals surface area contributed by atoms with Crippen LogP contribution in [0.2, 0.25) is 0 Å². The molecule has 3 aliphatic rings. The molecular formula is C36H45N5O3S. The number of sulfone groups is 1. The first-order valence-corrected chi connectivity index (χ1v) is 18.3. The quantitative estimate of drug-likeness (QED) is 0.271. The number of hydrogen-bond acceptors (Lipinski definition) is 7. The minimum absolute atomic E-state index is 0.321. The lowest BCUT2D eigenvalue weighted by Gasteiger charge is -2.41. The summed E-state index contributed by atoms with van der Waals surface area (Å²) in [5.74, 6) is 1.28. The van der Waals surface area contributed by atoms with Crippen molar-refractivity contribution in [2.75, 3.05) is 63.6 Å². The van der Waals surface area contributed by atoms with Crippen molar-refractivity contribution in [3.63, 3.8) is 0 Å². The van der Waals surface area contributed by atoms with Gasteiger partial charge in [-0.05, 0) is 111 Å². The first-order chi connectivity index (χ1) is 21.7. The molecule has 3 aromatic carbocycles. The van der Waals surface area contributed by atoms with Gasteiger partial charge in [0.2, 0.25) is 0 Å². The van der Waals surface area contributed by atoms with Gasteiger partial charge in [0.1, 0.15) is 5.82 Å². The third-order valence-electron chi connectivity index (χ3n) is 10.3. The standard InChI is InChI=1S/C36H45N5O3S/c1-25(2)39-17-19-41(20-18-39)30-9-5-26(6-10-30)29-21-33(27-13-15-40(16-14-27)31-23-44-24-31)35-34(22-29)38(3)36(37-35)28-7-11-32(12-8-28)45(4,42)43/h5-12,21-22,25,27,31H,13-20,23-24H2,1-4H3. The zero-order valence-electron chi connectivity index (χ0n) is 26.9. The lowest BCUT2D eigenvalue weighted by Crippen LogP contribution is -2.51. The number of likely N-dealkylation sites (tertiary alicyclic amines) is 1. The zero-order chi connectivity index (χ0) is 31.3. The van der Waals surface area contributed by atoms with Gasteiger partial charge in [0.05, 0.1) is 35.2 Å². The van der Waals surface area contributed by atoms with Crippen LogP contribution in [-0.2, 0) is 21.6 Å². The molecule has 0 amide bonds. The number of piperidine rings is 1. The molecule has 3 aliphatic heterocycles. The van der Waals surface area contributed by atoms with Gasteiger partial charge < -0.3 is 14.2 Å². The van der Waals surface area contributed by atoms with Gasteiger partial charge in [0.15, 0.2) is 9.84 Å². The van der Waals surface area contributed by atoms with E-state index in [1.165, 1.54) is 28.6 Å². The Bertz CT molecular complexity index is 1760. The van der Waals surface area contributed by atoms with Crippen molar-refractivity contribution < 1.29 is 13.2 Å². The topological polar surface area (TPSA) is 70.9 Å². The van der Waals surface area contributed by atoms with Crippen LogP contribution in [-0.4, -0.2) is 98.6 Å². The molecule has 45 heavy (non-hydrogen) atoms. The van der Waals surface area contributed by atoms with Crippen LogP contribution in [0.15, 0.2) is 65.6 Å². The molecule has 0 atom stereocenters. The lowest BCUT2D eigenvalue weighted by molar-refractivity contribution is -0.0712. The minimum Gasteiger partial charge on any atom is -0.378 e. The molecule has 0 radical (unpaired) electrons. The second-order valence-corrected chi connectivity index (χ2v) is 15.4. The van der Waals surface area contributed by atoms with Crippen molar-refractivity contribution in [2.24, 2.45) is 7.05 Å². The Labute approximate surface area is 267 Å². The number of aromatic nitrogens is 2. The maximum absolute atomic E-state index is 12.1. The largest absolute Gasteiger partial charge is 0.378 e. The molecule has 0 saturated carbocycles. The fourth-order valence-corrected chi connectivity index (χ4v) is 7.90. The van der Waals surface area contributed by atoms with E-state index >= 15 is 0 Å². The molecule has 0 N–H and O–H groups in total. The Morgan fingerprint density at radius 2 is 1.47 bits per heavy atom. The smallest absolute Gasteiger partial charge is 0.175 e. The predicted molar refractivity (Wildman–Crippen MR) is 182 cm³/mol. The van der Waals surface area contributed by atoms with E-state index in [1.807, 2.05) is 12.1 Å². The van der Waals surface area contributed by atoms with E-state index in [2.05, 4.69) is 76.6 Å². The Kier molecular flexibility index (Phi) is 8.23. The molecule has 0 aliphatic carbocycles. The van der Waals surface area contributed by atoms with Gasteiger partial charge in [-0.2, -0.15) is 0 Å². The van der Waals surface area contributed by atoms with Gasteiger partial charge in [-0.1, -0.05) is 12.1 Å². The number of fused-ring (bicyclic) bond motifs is 1. The van der Waals surface area contributed by atoms with Crippen molar-refractivity contribution in [2.45, 2.75) is 49.6 Å². The van der Waals surface area contributed by atoms with E-state index in [4.69, 9.17) is 9.72 Å². The van der Waals surface area contributed by atoms with Gasteiger partial charge in [0.25, 0.3) is 0 Å². The van der Waals surface area contributed by atoms with Crippen molar-refractivity contribution in [3.8, 4) is 22.5 Å². The van der Waals surface area contributed by atoms with Crippen LogP contribution < -0.4 is 4.90 Å². The van der Waals surface area contributed by atoms with Crippen molar-refractivity contribution >= 4 is 26.6 Å². The molecule has 3 fully saturated rings. The van der Waals surface area contributed by atoms with Crippen LogP contribution in [0.1, 0.15) is 38.2 Å². The average Bonchev–Trinajstić information content (AvgIpc) is 3.36. The Morgan fingerprint density at radius 1 is 0.822 bits per heavy atom. The number of aryl methyl sites for hydroxylation is 1. The second-order valence-electron chi connectivity index (χ2n) is 13.4. The van der Waals surface area contributed by atoms with Crippen molar-refractivity contribution in [1.29, 1.82) is 0 Å². The number of anilines is 1. The van der Waals surface area contributed by atoms with Gasteiger partial charge in [0, 0.05) is 56.8 Å². The summed E-state index contributed by atoms with van der Waals surface area (Å²) in [6.07, 6.45) is 3.45. The average molecular weight is 628 g/mol. The molecule has 4 aromatic rings. The molecule has 0 unspecified atom stereocenters. The predicted octanol–water partition coefficient (Wildman–Crippen LogP) is 5.42. The van der Waals surface area contributed by atoms with Crippen LogP contribution in [0.3, 0.4) is 0 Å². The third-order valence-corrected chi connectivity index (χ3v) is 11.4. The number of rotatable bonds is 7. The Morgan fingerprint density at radius 3 is 2.04 bits per heavy atom. The van der Waals surface area contributed by atoms with Gasteiger partial charge in [-0.15, -0.1) is 0 Å². The van der Waals surface area contributed by atoms with Gasteiger partial charge >= 0.3 is 0 Å². The van der Waals surface area contributed by atoms with E-state index in [0.29, 0.717) is 22.9 Å². The molecule has 7 rings (SSSR count). The summed E-state index contributed by atoms with van der Waals surface area (Å²) in [6.45, 7) is 12.8. The second kappa shape index (κ2) is 12.2. The summed E-state index contributed by atoms with van der Waals surface area (Å²) in [7, 11) is -1.19. The van der Waals surface area contributed by atoms with Gasteiger partial charge in [-0.25, -0.2) is 13.4 Å². The summed E-state index contributed by atoms with van der Waals surface area (Å²) < 4.78 is 31.8. The zero-order valence-corrected chi connectivity index (χ0v) is 27.8. The molecule has 1 aromatic heterocycles. The van der Waals surface area contributed by atoms with Crippen LogP contribution in [0.5, 0.6) is 0 Å². The van der Waals surface area contributed by atoms with E-state index in [1.54, 1.807) is 12.1 Å². The van der Waals surface area contributed by atoms with E-state index in [9.17, 15) is 8.42 Å². The number of benzene rings is 3. The maximum Gasteiger partial charge on any atom is 0.175 e. The third kappa shape index (κ3) is 6.03. The Hall–Kier alpha value is -3.24. The van der Waals surface area contributed by atoms with Crippen LogP contribution in [0.25, 0.3) is 33.5 Å². The molecule has 4 heterocycles. The van der Waals surface area contributed by atoms with Gasteiger partial charge in [-0.3, -0.25) is 9.80 Å².